The normalized spacial score (nSPS) is 27.1. The quantitative estimate of drug-likeness (QED) is 0.474. The Hall–Kier alpha value is -0.0700. The van der Waals surface area contributed by atoms with Crippen molar-refractivity contribution in [2.45, 2.75) is 25.7 Å². The van der Waals surface area contributed by atoms with Crippen LogP contribution in [0.25, 0.3) is 0 Å². The number of hydrogen-bond donors (Lipinski definition) is 0. The largest absolute Gasteiger partial charge is 0.504 e. The van der Waals surface area contributed by atoms with Gasteiger partial charge in [-0.05, 0) is 36.7 Å². The summed E-state index contributed by atoms with van der Waals surface area (Å²) in [6.45, 7) is 2.48. The Balaban J connectivity index is 1.86. The highest BCUT2D eigenvalue weighted by Gasteiger charge is 2.42. The highest BCUT2D eigenvalue weighted by atomic mass is 31.0. The lowest BCUT2D eigenvalue weighted by Crippen LogP contribution is -2.41. The molecule has 13 heavy (non-hydrogen) atoms. The zero-order chi connectivity index (χ0) is 9.31. The molecule has 2 rings (SSSR count). The van der Waals surface area contributed by atoms with Crippen LogP contribution in [0.4, 0.5) is 0 Å². The second-order valence-electron chi connectivity index (χ2n) is 4.40. The van der Waals surface area contributed by atoms with Gasteiger partial charge in [-0.25, -0.2) is 0 Å². The Morgan fingerprint density at radius 2 is 2.00 bits per heavy atom. The third-order valence-electron chi connectivity index (χ3n) is 3.35. The molecule has 1 heterocycles. The number of nitrogens with zero attached hydrogens (tertiary/aromatic N) is 1. The minimum absolute atomic E-state index is 0.650. The first-order chi connectivity index (χ1) is 6.24. The van der Waals surface area contributed by atoms with Gasteiger partial charge in [-0.2, -0.15) is 0 Å². The van der Waals surface area contributed by atoms with Crippen molar-refractivity contribution >= 4 is 9.39 Å². The lowest BCUT2D eigenvalue weighted by atomic mass is 9.61. The van der Waals surface area contributed by atoms with Crippen molar-refractivity contribution in [2.24, 2.45) is 5.41 Å². The molecule has 2 aliphatic rings. The zero-order valence-electron chi connectivity index (χ0n) is 8.25. The Morgan fingerprint density at radius 3 is 2.54 bits per heavy atom. The molecule has 0 radical (unpaired) electrons. The Kier molecular flexibility index (Phi) is 2.62. The van der Waals surface area contributed by atoms with E-state index in [9.17, 15) is 0 Å². The summed E-state index contributed by atoms with van der Waals surface area (Å²) in [6.07, 6.45) is 7.20. The van der Waals surface area contributed by atoms with Crippen LogP contribution in [0.3, 0.4) is 0 Å². The van der Waals surface area contributed by atoms with Crippen molar-refractivity contribution in [2.75, 3.05) is 20.2 Å². The van der Waals surface area contributed by atoms with Crippen molar-refractivity contribution < 1.29 is 4.74 Å². The molecule has 2 fully saturated rings. The van der Waals surface area contributed by atoms with E-state index in [0.29, 0.717) is 5.41 Å². The molecule has 3 heteroatoms. The lowest BCUT2D eigenvalue weighted by Gasteiger charge is -2.48. The lowest BCUT2D eigenvalue weighted by molar-refractivity contribution is 0.106. The molecule has 1 saturated carbocycles. The molecule has 1 spiro atoms. The van der Waals surface area contributed by atoms with Crippen LogP contribution in [0.15, 0.2) is 11.8 Å². The summed E-state index contributed by atoms with van der Waals surface area (Å²) in [5, 5.41) is 0. The van der Waals surface area contributed by atoms with E-state index >= 15 is 0 Å². The molecule has 0 N–H and O–H groups in total. The van der Waals surface area contributed by atoms with Gasteiger partial charge in [0.15, 0.2) is 0 Å². The molecule has 0 aromatic rings. The summed E-state index contributed by atoms with van der Waals surface area (Å²) in [7, 11) is 4.54. The Morgan fingerprint density at radius 1 is 1.38 bits per heavy atom. The summed E-state index contributed by atoms with van der Waals surface area (Å²) in [5.41, 5.74) is 2.15. The van der Waals surface area contributed by atoms with Crippen molar-refractivity contribution in [1.82, 2.24) is 4.67 Å². The minimum Gasteiger partial charge on any atom is -0.504 e. The van der Waals surface area contributed by atoms with Gasteiger partial charge < -0.3 is 4.74 Å². The maximum Gasteiger partial charge on any atom is 0.0816 e. The van der Waals surface area contributed by atoms with Crippen LogP contribution in [0.1, 0.15) is 25.7 Å². The van der Waals surface area contributed by atoms with E-state index in [-0.39, 0.29) is 0 Å². The van der Waals surface area contributed by atoms with E-state index in [2.05, 4.69) is 14.1 Å². The predicted molar refractivity (Wildman–Crippen MR) is 57.3 cm³/mol. The van der Waals surface area contributed by atoms with E-state index < -0.39 is 0 Å². The zero-order valence-corrected chi connectivity index (χ0v) is 9.41. The second kappa shape index (κ2) is 3.59. The molecule has 74 valence electrons. The fraction of sp³-hybridized carbons (Fsp3) is 0.800. The van der Waals surface area contributed by atoms with E-state index in [4.69, 9.17) is 4.74 Å². The number of hydrogen-bond acceptors (Lipinski definition) is 2. The number of ether oxygens (including phenoxy) is 1. The van der Waals surface area contributed by atoms with Gasteiger partial charge in [0.2, 0.25) is 0 Å². The highest BCUT2D eigenvalue weighted by Crippen LogP contribution is 2.52. The van der Waals surface area contributed by atoms with E-state index in [1.165, 1.54) is 44.3 Å². The molecule has 0 aromatic heterocycles. The Bertz CT molecular complexity index is 209. The topological polar surface area (TPSA) is 12.5 Å². The SMILES string of the molecule is COC=C1CC2(CCN(P)CC2)C1. The van der Waals surface area contributed by atoms with Crippen molar-refractivity contribution in [3.63, 3.8) is 0 Å². The maximum absolute atomic E-state index is 5.02. The fourth-order valence-electron chi connectivity index (χ4n) is 2.51. The summed E-state index contributed by atoms with van der Waals surface area (Å²) in [4.78, 5) is 0. The van der Waals surface area contributed by atoms with Crippen molar-refractivity contribution in [1.29, 1.82) is 0 Å². The molecule has 0 amide bonds. The number of rotatable bonds is 1. The summed E-state index contributed by atoms with van der Waals surface area (Å²) < 4.78 is 7.37. The second-order valence-corrected chi connectivity index (χ2v) is 5.13. The molecular formula is C10H18NOP. The first-order valence-electron chi connectivity index (χ1n) is 4.94. The van der Waals surface area contributed by atoms with E-state index in [1.54, 1.807) is 7.11 Å². The van der Waals surface area contributed by atoms with Gasteiger partial charge >= 0.3 is 0 Å². The number of allylic oxidation sites excluding steroid dienone is 1. The van der Waals surface area contributed by atoms with Crippen LogP contribution in [0, 0.1) is 5.41 Å². The molecule has 1 aliphatic carbocycles. The molecule has 1 saturated heterocycles. The third-order valence-corrected chi connectivity index (χ3v) is 3.86. The van der Waals surface area contributed by atoms with Crippen molar-refractivity contribution in [3.8, 4) is 0 Å². The Labute approximate surface area is 82.6 Å². The average molecular weight is 199 g/mol. The molecule has 2 nitrogen and oxygen atoms in total. The van der Waals surface area contributed by atoms with Gasteiger partial charge in [-0.1, -0.05) is 9.39 Å². The van der Waals surface area contributed by atoms with Gasteiger partial charge in [-0.15, -0.1) is 0 Å². The first-order valence-corrected chi connectivity index (χ1v) is 5.46. The standard InChI is InChI=1S/C10H18NOP/c1-12-8-9-6-10(7-9)2-4-11(13)5-3-10/h8H,2-7,13H2,1H3. The van der Waals surface area contributed by atoms with Gasteiger partial charge in [-0.3, -0.25) is 4.67 Å². The van der Waals surface area contributed by atoms with Crippen LogP contribution in [0.5, 0.6) is 0 Å². The summed E-state index contributed by atoms with van der Waals surface area (Å²) >= 11 is 0. The predicted octanol–water partition coefficient (Wildman–Crippen LogP) is 2.18. The molecule has 0 bridgehead atoms. The maximum atomic E-state index is 5.02. The van der Waals surface area contributed by atoms with Gasteiger partial charge in [0.25, 0.3) is 0 Å². The highest BCUT2D eigenvalue weighted by molar-refractivity contribution is 7.13. The third kappa shape index (κ3) is 1.89. The fourth-order valence-corrected chi connectivity index (χ4v) is 2.77. The first kappa shape index (κ1) is 9.48. The van der Waals surface area contributed by atoms with Gasteiger partial charge in [0, 0.05) is 13.1 Å². The van der Waals surface area contributed by atoms with Crippen LogP contribution < -0.4 is 0 Å². The van der Waals surface area contributed by atoms with Gasteiger partial charge in [0.1, 0.15) is 0 Å². The van der Waals surface area contributed by atoms with E-state index in [0.717, 1.165) is 0 Å². The molecule has 1 aliphatic heterocycles. The van der Waals surface area contributed by atoms with Gasteiger partial charge in [0.05, 0.1) is 13.4 Å². The number of methoxy groups -OCH3 is 1. The van der Waals surface area contributed by atoms with Crippen LogP contribution >= 0.6 is 9.39 Å². The smallest absolute Gasteiger partial charge is 0.0816 e. The monoisotopic (exact) mass is 199 g/mol. The van der Waals surface area contributed by atoms with Crippen LogP contribution in [0.2, 0.25) is 0 Å². The van der Waals surface area contributed by atoms with E-state index in [1.807, 2.05) is 6.26 Å². The number of piperidine rings is 1. The summed E-state index contributed by atoms with van der Waals surface area (Å²) in [6, 6.07) is 0. The van der Waals surface area contributed by atoms with Crippen LogP contribution in [-0.4, -0.2) is 24.9 Å². The van der Waals surface area contributed by atoms with Crippen molar-refractivity contribution in [3.05, 3.63) is 11.8 Å². The summed E-state index contributed by atoms with van der Waals surface area (Å²) in [5.74, 6) is 0. The molecule has 0 aromatic carbocycles. The molecular weight excluding hydrogens is 181 g/mol. The van der Waals surface area contributed by atoms with Crippen LogP contribution in [-0.2, 0) is 4.74 Å². The minimum atomic E-state index is 0.650. The molecule has 1 unspecified atom stereocenters. The molecule has 1 atom stereocenters. The average Bonchev–Trinajstić information content (AvgIpc) is 2.07.